The Hall–Kier alpha value is -3.41. The zero-order valence-electron chi connectivity index (χ0n) is 16.1. The van der Waals surface area contributed by atoms with Gasteiger partial charge in [0.1, 0.15) is 5.54 Å². The third kappa shape index (κ3) is 2.67. The van der Waals surface area contributed by atoms with Gasteiger partial charge in [-0.3, -0.25) is 14.5 Å². The van der Waals surface area contributed by atoms with Gasteiger partial charge in [-0.15, -0.1) is 0 Å². The van der Waals surface area contributed by atoms with E-state index in [2.05, 4.69) is 16.4 Å². The van der Waals surface area contributed by atoms with Crippen LogP contribution in [0, 0.1) is 6.92 Å². The number of aromatic nitrogens is 1. The van der Waals surface area contributed by atoms with Gasteiger partial charge in [-0.05, 0) is 37.0 Å². The number of aromatic amines is 1. The molecule has 2 N–H and O–H groups in total. The van der Waals surface area contributed by atoms with Gasteiger partial charge in [-0.25, -0.2) is 4.79 Å². The summed E-state index contributed by atoms with van der Waals surface area (Å²) in [4.78, 5) is 43.2. The highest BCUT2D eigenvalue weighted by Gasteiger charge is 2.52. The first kappa shape index (κ1) is 17.7. The van der Waals surface area contributed by atoms with Crippen molar-refractivity contribution >= 4 is 28.6 Å². The van der Waals surface area contributed by atoms with E-state index < -0.39 is 11.6 Å². The summed E-state index contributed by atoms with van der Waals surface area (Å²) in [6.07, 6.45) is 1.74. The lowest BCUT2D eigenvalue weighted by atomic mass is 9.78. The lowest BCUT2D eigenvalue weighted by Crippen LogP contribution is -2.51. The maximum atomic E-state index is 13.2. The zero-order valence-corrected chi connectivity index (χ0v) is 16.1. The van der Waals surface area contributed by atoms with Gasteiger partial charge in [-0.1, -0.05) is 42.5 Å². The minimum atomic E-state index is -0.943. The van der Waals surface area contributed by atoms with Crippen LogP contribution in [0.25, 0.3) is 10.9 Å². The van der Waals surface area contributed by atoms with Crippen molar-refractivity contribution in [3.63, 3.8) is 0 Å². The van der Waals surface area contributed by atoms with Crippen LogP contribution in [-0.2, 0) is 17.6 Å². The van der Waals surface area contributed by atoms with Gasteiger partial charge in [0, 0.05) is 28.6 Å². The van der Waals surface area contributed by atoms with E-state index >= 15 is 0 Å². The Bertz CT molecular complexity index is 1180. The number of imide groups is 1. The summed E-state index contributed by atoms with van der Waals surface area (Å²) < 4.78 is 0. The first-order chi connectivity index (χ1) is 14.0. The molecule has 3 aromatic rings. The molecule has 2 aliphatic rings. The van der Waals surface area contributed by atoms with Crippen LogP contribution >= 0.6 is 0 Å². The summed E-state index contributed by atoms with van der Waals surface area (Å²) in [5, 5.41) is 3.70. The van der Waals surface area contributed by atoms with Crippen molar-refractivity contribution in [3.05, 3.63) is 70.9 Å². The van der Waals surface area contributed by atoms with E-state index in [4.69, 9.17) is 0 Å². The molecule has 146 valence electrons. The molecule has 0 radical (unpaired) electrons. The molecule has 0 saturated carbocycles. The van der Waals surface area contributed by atoms with Crippen LogP contribution in [0.15, 0.2) is 48.5 Å². The third-order valence-corrected chi connectivity index (χ3v) is 6.15. The first-order valence-corrected chi connectivity index (χ1v) is 9.80. The minimum Gasteiger partial charge on any atom is -0.358 e. The largest absolute Gasteiger partial charge is 0.358 e. The molecule has 1 aliphatic carbocycles. The number of nitrogens with zero attached hydrogens (tertiary/aromatic N) is 1. The lowest BCUT2D eigenvalue weighted by Gasteiger charge is -2.32. The first-order valence-electron chi connectivity index (χ1n) is 9.80. The van der Waals surface area contributed by atoms with E-state index in [-0.39, 0.29) is 18.2 Å². The fourth-order valence-electron chi connectivity index (χ4n) is 4.70. The Kier molecular flexibility index (Phi) is 3.84. The van der Waals surface area contributed by atoms with Crippen molar-refractivity contribution in [3.8, 4) is 0 Å². The Morgan fingerprint density at radius 2 is 1.79 bits per heavy atom. The number of nitrogens with one attached hydrogen (secondary N) is 2. The number of H-pyrrole nitrogens is 1. The number of amides is 3. The highest BCUT2D eigenvalue weighted by molar-refractivity contribution is 6.15. The molecule has 0 bridgehead atoms. The number of ketones is 1. The number of rotatable bonds is 3. The molecule has 2 heterocycles. The van der Waals surface area contributed by atoms with E-state index in [1.807, 2.05) is 49.4 Å². The SMILES string of the molecule is Cc1[nH]c2ccccc2c1C(=O)CN1C(=O)NC2(CCc3ccccc3C2)C1=O. The number of carbonyl (C=O) groups excluding carboxylic acids is 3. The van der Waals surface area contributed by atoms with Crippen LogP contribution in [0.2, 0.25) is 0 Å². The molecule has 1 saturated heterocycles. The van der Waals surface area contributed by atoms with Gasteiger partial charge in [0.2, 0.25) is 0 Å². The van der Waals surface area contributed by atoms with Crippen LogP contribution in [0.3, 0.4) is 0 Å². The fourth-order valence-corrected chi connectivity index (χ4v) is 4.70. The molecular formula is C23H21N3O3. The predicted molar refractivity (Wildman–Crippen MR) is 109 cm³/mol. The van der Waals surface area contributed by atoms with E-state index in [0.717, 1.165) is 33.5 Å². The maximum Gasteiger partial charge on any atom is 0.325 e. The normalized spacial score (nSPS) is 20.9. The fraction of sp³-hybridized carbons (Fsp3) is 0.261. The van der Waals surface area contributed by atoms with Gasteiger partial charge in [0.25, 0.3) is 5.91 Å². The second-order valence-corrected chi connectivity index (χ2v) is 7.94. The molecule has 6 heteroatoms. The lowest BCUT2D eigenvalue weighted by molar-refractivity contribution is -0.131. The summed E-state index contributed by atoms with van der Waals surface area (Å²) in [5.41, 5.74) is 3.49. The van der Waals surface area contributed by atoms with Crippen molar-refractivity contribution in [2.24, 2.45) is 0 Å². The summed E-state index contributed by atoms with van der Waals surface area (Å²) in [5.74, 6) is -0.542. The van der Waals surface area contributed by atoms with E-state index in [9.17, 15) is 14.4 Å². The molecule has 1 atom stereocenters. The molecule has 3 amide bonds. The van der Waals surface area contributed by atoms with Crippen LogP contribution in [0.1, 0.15) is 33.6 Å². The molecular weight excluding hydrogens is 366 g/mol. The van der Waals surface area contributed by atoms with Gasteiger partial charge >= 0.3 is 6.03 Å². The number of carbonyl (C=O) groups is 3. The number of fused-ring (bicyclic) bond motifs is 2. The zero-order chi connectivity index (χ0) is 20.2. The second-order valence-electron chi connectivity index (χ2n) is 7.94. The highest BCUT2D eigenvalue weighted by Crippen LogP contribution is 2.34. The van der Waals surface area contributed by atoms with Crippen LogP contribution in [-0.4, -0.2) is 39.7 Å². The van der Waals surface area contributed by atoms with Crippen molar-refractivity contribution in [1.82, 2.24) is 15.2 Å². The van der Waals surface area contributed by atoms with Crippen molar-refractivity contribution in [1.29, 1.82) is 0 Å². The Morgan fingerprint density at radius 3 is 2.62 bits per heavy atom. The van der Waals surface area contributed by atoms with Gasteiger partial charge < -0.3 is 10.3 Å². The summed E-state index contributed by atoms with van der Waals surface area (Å²) in [6, 6.07) is 15.0. The predicted octanol–water partition coefficient (Wildman–Crippen LogP) is 3.14. The van der Waals surface area contributed by atoms with Crippen LogP contribution in [0.5, 0.6) is 0 Å². The Balaban J connectivity index is 1.42. The van der Waals surface area contributed by atoms with Crippen molar-refractivity contribution in [2.75, 3.05) is 6.54 Å². The van der Waals surface area contributed by atoms with E-state index in [1.165, 1.54) is 5.56 Å². The number of Topliss-reactive ketones (excluding diaryl/α,β-unsaturated/α-hetero) is 1. The molecule has 29 heavy (non-hydrogen) atoms. The van der Waals surface area contributed by atoms with Crippen LogP contribution in [0.4, 0.5) is 4.79 Å². The summed E-state index contributed by atoms with van der Waals surface area (Å²) in [6.45, 7) is 1.58. The third-order valence-electron chi connectivity index (χ3n) is 6.15. The molecule has 6 nitrogen and oxygen atoms in total. The monoisotopic (exact) mass is 387 g/mol. The van der Waals surface area contributed by atoms with Crippen LogP contribution < -0.4 is 5.32 Å². The van der Waals surface area contributed by atoms with Gasteiger partial charge in [0.15, 0.2) is 5.78 Å². The smallest absolute Gasteiger partial charge is 0.325 e. The van der Waals surface area contributed by atoms with Gasteiger partial charge in [-0.2, -0.15) is 0 Å². The summed E-state index contributed by atoms with van der Waals surface area (Å²) >= 11 is 0. The second kappa shape index (κ2) is 6.30. The van der Waals surface area contributed by atoms with Crippen molar-refractivity contribution in [2.45, 2.75) is 31.7 Å². The van der Waals surface area contributed by atoms with E-state index in [0.29, 0.717) is 18.4 Å². The average molecular weight is 387 g/mol. The highest BCUT2D eigenvalue weighted by atomic mass is 16.2. The van der Waals surface area contributed by atoms with E-state index in [1.54, 1.807) is 0 Å². The molecule has 5 rings (SSSR count). The number of hydrogen-bond acceptors (Lipinski definition) is 3. The Labute approximate surface area is 167 Å². The Morgan fingerprint density at radius 1 is 1.07 bits per heavy atom. The topological polar surface area (TPSA) is 82.3 Å². The minimum absolute atomic E-state index is 0.239. The standard InChI is InChI=1S/C23H21N3O3/c1-14-20(17-8-4-5-9-18(17)24-14)19(27)13-26-21(28)23(25-22(26)29)11-10-15-6-2-3-7-16(15)12-23/h2-9,24H,10-13H2,1H3,(H,25,29). The molecule has 1 unspecified atom stereocenters. The number of aryl methyl sites for hydroxylation is 2. The van der Waals surface area contributed by atoms with Gasteiger partial charge in [0.05, 0.1) is 6.54 Å². The number of urea groups is 1. The average Bonchev–Trinajstić information content (AvgIpc) is 3.16. The molecule has 1 fully saturated rings. The van der Waals surface area contributed by atoms with Crippen molar-refractivity contribution < 1.29 is 14.4 Å². The molecule has 1 spiro atoms. The summed E-state index contributed by atoms with van der Waals surface area (Å²) in [7, 11) is 0. The quantitative estimate of drug-likeness (QED) is 0.535. The molecule has 2 aromatic carbocycles. The molecule has 1 aromatic heterocycles. The number of para-hydroxylation sites is 1. The number of benzene rings is 2. The maximum absolute atomic E-state index is 13.2. The molecule has 1 aliphatic heterocycles. The number of hydrogen-bond donors (Lipinski definition) is 2.